The first kappa shape index (κ1) is 13.7. The van der Waals surface area contributed by atoms with E-state index in [1.54, 1.807) is 6.20 Å². The second-order valence-corrected chi connectivity index (χ2v) is 5.92. The number of carboxylic acid groups (broad SMARTS) is 1. The topological polar surface area (TPSA) is 63.1 Å². The Kier molecular flexibility index (Phi) is 3.95. The van der Waals surface area contributed by atoms with Crippen LogP contribution in [0.3, 0.4) is 0 Å². The lowest BCUT2D eigenvalue weighted by molar-refractivity contribution is 0.0700. The summed E-state index contributed by atoms with van der Waals surface area (Å²) in [7, 11) is 0. The maximum atomic E-state index is 11.3. The molecule has 100 valence electrons. The van der Waals surface area contributed by atoms with Gasteiger partial charge in [0.15, 0.2) is 0 Å². The Morgan fingerprint density at radius 1 is 1.42 bits per heavy atom. The molecule has 0 fully saturated rings. The lowest BCUT2D eigenvalue weighted by Crippen LogP contribution is -2.02. The van der Waals surface area contributed by atoms with Gasteiger partial charge in [0.1, 0.15) is 9.88 Å². The summed E-state index contributed by atoms with van der Waals surface area (Å²) in [5.41, 5.74) is 2.46. The van der Waals surface area contributed by atoms with E-state index in [-0.39, 0.29) is 0 Å². The molecule has 0 aliphatic carbocycles. The molecule has 4 nitrogen and oxygen atoms in total. The molecule has 2 heterocycles. The Morgan fingerprint density at radius 3 is 2.68 bits per heavy atom. The highest BCUT2D eigenvalue weighted by molar-refractivity contribution is 7.17. The number of carbonyl (C=O) groups is 1. The third-order valence-electron chi connectivity index (χ3n) is 2.62. The fourth-order valence-electron chi connectivity index (χ4n) is 1.75. The first-order valence-corrected chi connectivity index (χ1v) is 6.95. The molecule has 0 unspecified atom stereocenters. The maximum absolute atomic E-state index is 11.3. The summed E-state index contributed by atoms with van der Waals surface area (Å²) in [6, 6.07) is 3.82. The standard InChI is InChI=1S/C14H16N2O2S/c1-8(2)6-11-12(14(17)18)19-13(16-11)10-5-4-9(3)7-15-10/h4-5,7-8H,6H2,1-3H3,(H,17,18). The molecule has 0 saturated carbocycles. The average molecular weight is 276 g/mol. The number of rotatable bonds is 4. The summed E-state index contributed by atoms with van der Waals surface area (Å²) in [4.78, 5) is 20.3. The van der Waals surface area contributed by atoms with Crippen molar-refractivity contribution in [1.29, 1.82) is 0 Å². The van der Waals surface area contributed by atoms with Crippen LogP contribution >= 0.6 is 11.3 Å². The minimum absolute atomic E-state index is 0.325. The van der Waals surface area contributed by atoms with E-state index in [0.717, 1.165) is 11.3 Å². The summed E-state index contributed by atoms with van der Waals surface area (Å²) in [6.07, 6.45) is 2.43. The predicted molar refractivity (Wildman–Crippen MR) is 75.6 cm³/mol. The molecule has 2 rings (SSSR count). The molecule has 0 radical (unpaired) electrons. The molecule has 0 aliphatic heterocycles. The lowest BCUT2D eigenvalue weighted by atomic mass is 10.1. The first-order valence-electron chi connectivity index (χ1n) is 6.13. The second kappa shape index (κ2) is 5.48. The quantitative estimate of drug-likeness (QED) is 0.929. The number of thiazole rings is 1. The highest BCUT2D eigenvalue weighted by Crippen LogP contribution is 2.28. The van der Waals surface area contributed by atoms with Crippen LogP contribution in [0.4, 0.5) is 0 Å². The molecule has 19 heavy (non-hydrogen) atoms. The van der Waals surface area contributed by atoms with E-state index in [1.807, 2.05) is 19.1 Å². The molecule has 0 aromatic carbocycles. The van der Waals surface area contributed by atoms with E-state index in [9.17, 15) is 9.90 Å². The van der Waals surface area contributed by atoms with Gasteiger partial charge in [0.25, 0.3) is 0 Å². The van der Waals surface area contributed by atoms with Crippen molar-refractivity contribution in [3.63, 3.8) is 0 Å². The molecular formula is C14H16N2O2S. The highest BCUT2D eigenvalue weighted by Gasteiger charge is 2.19. The third kappa shape index (κ3) is 3.17. The number of pyridine rings is 1. The Balaban J connectivity index is 2.42. The van der Waals surface area contributed by atoms with Crippen LogP contribution in [0, 0.1) is 12.8 Å². The minimum Gasteiger partial charge on any atom is -0.477 e. The van der Waals surface area contributed by atoms with Crippen LogP contribution in [-0.4, -0.2) is 21.0 Å². The van der Waals surface area contributed by atoms with E-state index in [1.165, 1.54) is 11.3 Å². The van der Waals surface area contributed by atoms with E-state index >= 15 is 0 Å². The number of carboxylic acids is 1. The van der Waals surface area contributed by atoms with Crippen molar-refractivity contribution >= 4 is 17.3 Å². The number of hydrogen-bond acceptors (Lipinski definition) is 4. The third-order valence-corrected chi connectivity index (χ3v) is 3.73. The monoisotopic (exact) mass is 276 g/mol. The van der Waals surface area contributed by atoms with Crippen LogP contribution < -0.4 is 0 Å². The number of nitrogens with zero attached hydrogens (tertiary/aromatic N) is 2. The van der Waals surface area contributed by atoms with Crippen molar-refractivity contribution in [2.75, 3.05) is 0 Å². The van der Waals surface area contributed by atoms with E-state index in [2.05, 4.69) is 23.8 Å². The number of aryl methyl sites for hydroxylation is 1. The van der Waals surface area contributed by atoms with Crippen LogP contribution in [0.5, 0.6) is 0 Å². The van der Waals surface area contributed by atoms with E-state index in [4.69, 9.17) is 0 Å². The zero-order chi connectivity index (χ0) is 14.0. The van der Waals surface area contributed by atoms with Gasteiger partial charge in [-0.3, -0.25) is 4.98 Å². The van der Waals surface area contributed by atoms with Gasteiger partial charge < -0.3 is 5.11 Å². The summed E-state index contributed by atoms with van der Waals surface area (Å²) in [6.45, 7) is 6.06. The molecule has 1 N–H and O–H groups in total. The summed E-state index contributed by atoms with van der Waals surface area (Å²) in [5, 5.41) is 9.91. The van der Waals surface area contributed by atoms with Crippen molar-refractivity contribution in [3.05, 3.63) is 34.5 Å². The van der Waals surface area contributed by atoms with Crippen molar-refractivity contribution in [1.82, 2.24) is 9.97 Å². The molecule has 0 aliphatic rings. The van der Waals surface area contributed by atoms with Crippen LogP contribution in [0.15, 0.2) is 18.3 Å². The second-order valence-electron chi connectivity index (χ2n) is 4.92. The lowest BCUT2D eigenvalue weighted by Gasteiger charge is -2.01. The van der Waals surface area contributed by atoms with Gasteiger partial charge in [0, 0.05) is 6.20 Å². The Hall–Kier alpha value is -1.75. The zero-order valence-corrected chi connectivity index (χ0v) is 12.0. The van der Waals surface area contributed by atoms with Crippen LogP contribution in [0.25, 0.3) is 10.7 Å². The van der Waals surface area contributed by atoms with Gasteiger partial charge in [-0.25, -0.2) is 9.78 Å². The Labute approximate surface area is 116 Å². The Bertz CT molecular complexity index is 588. The summed E-state index contributed by atoms with van der Waals surface area (Å²) >= 11 is 1.20. The van der Waals surface area contributed by atoms with E-state index in [0.29, 0.717) is 27.9 Å². The van der Waals surface area contributed by atoms with E-state index < -0.39 is 5.97 Å². The summed E-state index contributed by atoms with van der Waals surface area (Å²) < 4.78 is 0. The normalized spacial score (nSPS) is 10.9. The number of aromatic nitrogens is 2. The van der Waals surface area contributed by atoms with Gasteiger partial charge in [0.2, 0.25) is 0 Å². The Morgan fingerprint density at radius 2 is 2.16 bits per heavy atom. The minimum atomic E-state index is -0.911. The number of hydrogen-bond donors (Lipinski definition) is 1. The first-order chi connectivity index (χ1) is 8.97. The van der Waals surface area contributed by atoms with Gasteiger partial charge in [0.05, 0.1) is 11.4 Å². The smallest absolute Gasteiger partial charge is 0.347 e. The molecule has 2 aromatic heterocycles. The van der Waals surface area contributed by atoms with Gasteiger partial charge in [-0.2, -0.15) is 0 Å². The highest BCUT2D eigenvalue weighted by atomic mass is 32.1. The van der Waals surface area contributed by atoms with Gasteiger partial charge >= 0.3 is 5.97 Å². The molecule has 5 heteroatoms. The van der Waals surface area contributed by atoms with Gasteiger partial charge in [-0.05, 0) is 30.9 Å². The fraction of sp³-hybridized carbons (Fsp3) is 0.357. The average Bonchev–Trinajstić information content (AvgIpc) is 2.73. The molecule has 0 spiro atoms. The fourth-order valence-corrected chi connectivity index (χ4v) is 2.66. The SMILES string of the molecule is Cc1ccc(-c2nc(CC(C)C)c(C(=O)O)s2)nc1. The molecule has 0 atom stereocenters. The maximum Gasteiger partial charge on any atom is 0.347 e. The predicted octanol–water partition coefficient (Wildman–Crippen LogP) is 3.41. The van der Waals surface area contributed by atoms with Gasteiger partial charge in [-0.1, -0.05) is 19.9 Å². The summed E-state index contributed by atoms with van der Waals surface area (Å²) in [5.74, 6) is -0.537. The largest absolute Gasteiger partial charge is 0.477 e. The van der Waals surface area contributed by atoms with Gasteiger partial charge in [-0.15, -0.1) is 11.3 Å². The van der Waals surface area contributed by atoms with Crippen LogP contribution in [-0.2, 0) is 6.42 Å². The molecular weight excluding hydrogens is 260 g/mol. The van der Waals surface area contributed by atoms with Crippen molar-refractivity contribution < 1.29 is 9.90 Å². The number of aromatic carboxylic acids is 1. The van der Waals surface area contributed by atoms with Crippen molar-refractivity contribution in [2.24, 2.45) is 5.92 Å². The molecule has 0 bridgehead atoms. The zero-order valence-electron chi connectivity index (χ0n) is 11.2. The van der Waals surface area contributed by atoms with Crippen LogP contribution in [0.2, 0.25) is 0 Å². The molecule has 2 aromatic rings. The van der Waals surface area contributed by atoms with Crippen LogP contribution in [0.1, 0.15) is 34.8 Å². The van der Waals surface area contributed by atoms with Crippen molar-refractivity contribution in [3.8, 4) is 10.7 Å². The molecule has 0 saturated heterocycles. The van der Waals surface area contributed by atoms with Crippen molar-refractivity contribution in [2.45, 2.75) is 27.2 Å². The molecule has 0 amide bonds.